The van der Waals surface area contributed by atoms with E-state index in [1.165, 1.54) is 25.3 Å². The lowest BCUT2D eigenvalue weighted by atomic mass is 9.86. The van der Waals surface area contributed by atoms with Crippen molar-refractivity contribution in [3.05, 3.63) is 29.3 Å². The standard InChI is InChI=1S/C15H19NO6/c1-15(2,3)11(14(20)21)16-12(17)8-5-9(13(18)19)7-10(6-8)22-4/h5-7,11H,1-4H3,(H,16,17)(H,18,19)(H,20,21)/t11-/m1/s1. The predicted molar refractivity (Wildman–Crippen MR) is 78.3 cm³/mol. The molecule has 0 spiro atoms. The first-order valence-corrected chi connectivity index (χ1v) is 6.52. The Morgan fingerprint density at radius 2 is 1.64 bits per heavy atom. The first-order chi connectivity index (χ1) is 10.1. The minimum Gasteiger partial charge on any atom is -0.497 e. The molecule has 1 rings (SSSR count). The van der Waals surface area contributed by atoms with Crippen molar-refractivity contribution >= 4 is 17.8 Å². The van der Waals surface area contributed by atoms with E-state index in [2.05, 4.69) is 5.32 Å². The third-order valence-corrected chi connectivity index (χ3v) is 3.04. The maximum Gasteiger partial charge on any atom is 0.335 e. The van der Waals surface area contributed by atoms with Crippen molar-refractivity contribution in [1.29, 1.82) is 0 Å². The van der Waals surface area contributed by atoms with Gasteiger partial charge in [0.25, 0.3) is 5.91 Å². The normalized spacial score (nSPS) is 12.4. The van der Waals surface area contributed by atoms with E-state index in [0.717, 1.165) is 0 Å². The molecule has 0 aliphatic heterocycles. The summed E-state index contributed by atoms with van der Waals surface area (Å²) in [6, 6.07) is 2.68. The Bertz CT molecular complexity index is 603. The molecule has 0 aromatic heterocycles. The van der Waals surface area contributed by atoms with Gasteiger partial charge in [-0.2, -0.15) is 0 Å². The molecule has 0 saturated heterocycles. The zero-order valence-electron chi connectivity index (χ0n) is 12.8. The summed E-state index contributed by atoms with van der Waals surface area (Å²) < 4.78 is 4.96. The second kappa shape index (κ2) is 6.46. The van der Waals surface area contributed by atoms with Gasteiger partial charge in [0.2, 0.25) is 0 Å². The van der Waals surface area contributed by atoms with Gasteiger partial charge in [-0.15, -0.1) is 0 Å². The number of hydrogen-bond donors (Lipinski definition) is 3. The van der Waals surface area contributed by atoms with Crippen LogP contribution in [-0.4, -0.2) is 41.2 Å². The largest absolute Gasteiger partial charge is 0.497 e. The highest BCUT2D eigenvalue weighted by molar-refractivity contribution is 5.99. The highest BCUT2D eigenvalue weighted by atomic mass is 16.5. The number of carboxylic acids is 2. The summed E-state index contributed by atoms with van der Waals surface area (Å²) in [6.45, 7) is 5.04. The van der Waals surface area contributed by atoms with E-state index in [4.69, 9.17) is 9.84 Å². The monoisotopic (exact) mass is 309 g/mol. The van der Waals surface area contributed by atoms with E-state index in [1.807, 2.05) is 0 Å². The van der Waals surface area contributed by atoms with Crippen LogP contribution >= 0.6 is 0 Å². The molecule has 0 aliphatic carbocycles. The van der Waals surface area contributed by atoms with Gasteiger partial charge in [0.15, 0.2) is 0 Å². The molecular formula is C15H19NO6. The molecule has 3 N–H and O–H groups in total. The van der Waals surface area contributed by atoms with Crippen LogP contribution in [0.1, 0.15) is 41.5 Å². The summed E-state index contributed by atoms with van der Waals surface area (Å²) in [6.07, 6.45) is 0. The first-order valence-electron chi connectivity index (χ1n) is 6.52. The van der Waals surface area contributed by atoms with Crippen molar-refractivity contribution in [3.8, 4) is 5.75 Å². The maximum atomic E-state index is 12.2. The summed E-state index contributed by atoms with van der Waals surface area (Å²) >= 11 is 0. The van der Waals surface area contributed by atoms with E-state index >= 15 is 0 Å². The van der Waals surface area contributed by atoms with E-state index in [9.17, 15) is 19.5 Å². The summed E-state index contributed by atoms with van der Waals surface area (Å²) in [5, 5.41) is 20.6. The van der Waals surface area contributed by atoms with E-state index in [1.54, 1.807) is 20.8 Å². The lowest BCUT2D eigenvalue weighted by Crippen LogP contribution is -2.49. The maximum absolute atomic E-state index is 12.2. The molecule has 1 amide bonds. The SMILES string of the molecule is COc1cc(C(=O)O)cc(C(=O)N[C@H](C(=O)O)C(C)(C)C)c1. The van der Waals surface area contributed by atoms with Crippen LogP contribution in [0.25, 0.3) is 0 Å². The molecule has 0 fully saturated rings. The van der Waals surface area contributed by atoms with Crippen molar-refractivity contribution in [3.63, 3.8) is 0 Å². The molecule has 0 unspecified atom stereocenters. The van der Waals surface area contributed by atoms with Crippen LogP contribution in [-0.2, 0) is 4.79 Å². The number of benzene rings is 1. The van der Waals surface area contributed by atoms with Gasteiger partial charge in [-0.3, -0.25) is 4.79 Å². The molecule has 0 saturated carbocycles. The summed E-state index contributed by atoms with van der Waals surface area (Å²) in [5.74, 6) is -2.85. The van der Waals surface area contributed by atoms with Crippen LogP contribution in [0.3, 0.4) is 0 Å². The van der Waals surface area contributed by atoms with Crippen LogP contribution in [0, 0.1) is 5.41 Å². The number of ether oxygens (including phenoxy) is 1. The molecule has 7 nitrogen and oxygen atoms in total. The van der Waals surface area contributed by atoms with Crippen LogP contribution in [0.15, 0.2) is 18.2 Å². The van der Waals surface area contributed by atoms with E-state index < -0.39 is 29.3 Å². The van der Waals surface area contributed by atoms with Crippen LogP contribution in [0.2, 0.25) is 0 Å². The van der Waals surface area contributed by atoms with Gasteiger partial charge in [0, 0.05) is 5.56 Å². The fraction of sp³-hybridized carbons (Fsp3) is 0.400. The van der Waals surface area contributed by atoms with Crippen molar-refractivity contribution in [2.24, 2.45) is 5.41 Å². The van der Waals surface area contributed by atoms with E-state index in [-0.39, 0.29) is 16.9 Å². The molecule has 1 aromatic rings. The second-order valence-electron chi connectivity index (χ2n) is 5.87. The van der Waals surface area contributed by atoms with Crippen molar-refractivity contribution in [2.45, 2.75) is 26.8 Å². The molecule has 0 aliphatic rings. The zero-order valence-corrected chi connectivity index (χ0v) is 12.8. The van der Waals surface area contributed by atoms with Gasteiger partial charge >= 0.3 is 11.9 Å². The molecule has 0 radical (unpaired) electrons. The third-order valence-electron chi connectivity index (χ3n) is 3.04. The summed E-state index contributed by atoms with van der Waals surface area (Å²) in [5.41, 5.74) is -0.796. The Kier molecular flexibility index (Phi) is 5.14. The Labute approximate surface area is 127 Å². The van der Waals surface area contributed by atoms with Gasteiger partial charge < -0.3 is 20.3 Å². The number of amides is 1. The van der Waals surface area contributed by atoms with Gasteiger partial charge in [0.05, 0.1) is 12.7 Å². The number of aliphatic carboxylic acids is 1. The smallest absolute Gasteiger partial charge is 0.335 e. The quantitative estimate of drug-likeness (QED) is 0.762. The predicted octanol–water partition coefficient (Wildman–Crippen LogP) is 1.62. The number of rotatable bonds is 5. The number of aromatic carboxylic acids is 1. The van der Waals surface area contributed by atoms with Gasteiger partial charge in [-0.25, -0.2) is 9.59 Å². The molecule has 120 valence electrons. The van der Waals surface area contributed by atoms with Crippen LogP contribution in [0.4, 0.5) is 0 Å². The Morgan fingerprint density at radius 1 is 1.09 bits per heavy atom. The highest BCUT2D eigenvalue weighted by Gasteiger charge is 2.33. The van der Waals surface area contributed by atoms with Gasteiger partial charge in [-0.05, 0) is 23.6 Å². The fourth-order valence-electron chi connectivity index (χ4n) is 1.83. The molecule has 7 heteroatoms. The molecule has 0 bridgehead atoms. The highest BCUT2D eigenvalue weighted by Crippen LogP contribution is 2.21. The summed E-state index contributed by atoms with van der Waals surface area (Å²) in [4.78, 5) is 34.6. The minimum absolute atomic E-state index is 0.0206. The van der Waals surface area contributed by atoms with Crippen molar-refractivity contribution < 1.29 is 29.3 Å². The van der Waals surface area contributed by atoms with E-state index in [0.29, 0.717) is 0 Å². The third kappa shape index (κ3) is 4.21. The molecule has 22 heavy (non-hydrogen) atoms. The lowest BCUT2D eigenvalue weighted by Gasteiger charge is -2.27. The van der Waals surface area contributed by atoms with Crippen molar-refractivity contribution in [1.82, 2.24) is 5.32 Å². The Morgan fingerprint density at radius 3 is 2.05 bits per heavy atom. The topological polar surface area (TPSA) is 113 Å². The Balaban J connectivity index is 3.14. The number of methoxy groups -OCH3 is 1. The summed E-state index contributed by atoms with van der Waals surface area (Å²) in [7, 11) is 1.35. The number of carboxylic acid groups (broad SMARTS) is 2. The molecule has 1 atom stereocenters. The van der Waals surface area contributed by atoms with Crippen molar-refractivity contribution in [2.75, 3.05) is 7.11 Å². The number of carbonyl (C=O) groups excluding carboxylic acids is 1. The fourth-order valence-corrected chi connectivity index (χ4v) is 1.83. The number of nitrogens with one attached hydrogen (secondary N) is 1. The Hall–Kier alpha value is -2.57. The van der Waals surface area contributed by atoms with Crippen LogP contribution in [0.5, 0.6) is 5.75 Å². The molecule has 0 heterocycles. The number of hydrogen-bond acceptors (Lipinski definition) is 4. The molecule has 1 aromatic carbocycles. The lowest BCUT2D eigenvalue weighted by molar-refractivity contribution is -0.142. The first kappa shape index (κ1) is 17.5. The van der Waals surface area contributed by atoms with Gasteiger partial charge in [0.1, 0.15) is 11.8 Å². The second-order valence-corrected chi connectivity index (χ2v) is 5.87. The molecular weight excluding hydrogens is 290 g/mol. The number of carbonyl (C=O) groups is 3. The zero-order chi connectivity index (χ0) is 17.1. The average molecular weight is 309 g/mol. The van der Waals surface area contributed by atoms with Crippen LogP contribution < -0.4 is 10.1 Å². The minimum atomic E-state index is -1.21. The average Bonchev–Trinajstić information content (AvgIpc) is 2.42. The van der Waals surface area contributed by atoms with Gasteiger partial charge in [-0.1, -0.05) is 20.8 Å².